The molecule has 1 aliphatic rings. The maximum Gasteiger partial charge on any atom is 0.318 e. The van der Waals surface area contributed by atoms with Gasteiger partial charge in [0.1, 0.15) is 6.04 Å². The third kappa shape index (κ3) is 7.20. The molecule has 1 fully saturated rings. The average Bonchev–Trinajstić information content (AvgIpc) is 3.47. The number of rotatable bonds is 9. The maximum absolute atomic E-state index is 14.2. The Morgan fingerprint density at radius 2 is 1.71 bits per heavy atom. The van der Waals surface area contributed by atoms with Gasteiger partial charge in [-0.15, -0.1) is 0 Å². The maximum atomic E-state index is 14.2. The van der Waals surface area contributed by atoms with Crippen molar-refractivity contribution in [3.05, 3.63) is 101 Å². The highest BCUT2D eigenvalue weighted by atomic mass is 16.2. The monoisotopic (exact) mass is 608 g/mol. The number of aryl methyl sites for hydroxylation is 1. The fraction of sp³-hybridized carbons (Fsp3) is 0.361. The minimum absolute atomic E-state index is 0.266. The van der Waals surface area contributed by atoms with Crippen molar-refractivity contribution in [3.63, 3.8) is 0 Å². The van der Waals surface area contributed by atoms with E-state index >= 15 is 0 Å². The van der Waals surface area contributed by atoms with Crippen LogP contribution in [0.2, 0.25) is 0 Å². The highest BCUT2D eigenvalue weighted by molar-refractivity contribution is 6.06. The molecule has 0 radical (unpaired) electrons. The van der Waals surface area contributed by atoms with Crippen molar-refractivity contribution in [2.24, 2.45) is 0 Å². The number of urea groups is 1. The van der Waals surface area contributed by atoms with E-state index in [1.54, 1.807) is 13.1 Å². The van der Waals surface area contributed by atoms with Crippen LogP contribution in [0.25, 0.3) is 10.9 Å². The van der Waals surface area contributed by atoms with Crippen LogP contribution in [0.1, 0.15) is 64.2 Å². The molecule has 0 bridgehead atoms. The summed E-state index contributed by atoms with van der Waals surface area (Å²) < 4.78 is 0. The summed E-state index contributed by atoms with van der Waals surface area (Å²) in [6.07, 6.45) is 3.63. The largest absolute Gasteiger partial charge is 0.361 e. The predicted octanol–water partition coefficient (Wildman–Crippen LogP) is 5.60. The van der Waals surface area contributed by atoms with Crippen molar-refractivity contribution in [2.75, 3.05) is 39.5 Å². The third-order valence-electron chi connectivity index (χ3n) is 8.90. The van der Waals surface area contributed by atoms with Crippen molar-refractivity contribution in [3.8, 4) is 0 Å². The van der Waals surface area contributed by atoms with Gasteiger partial charge in [-0.1, -0.05) is 55.5 Å². The first-order valence-corrected chi connectivity index (χ1v) is 15.6. The van der Waals surface area contributed by atoms with Gasteiger partial charge in [-0.05, 0) is 80.2 Å². The van der Waals surface area contributed by atoms with Crippen LogP contribution in [0.15, 0.2) is 72.9 Å². The van der Waals surface area contributed by atoms with Gasteiger partial charge in [0.25, 0.3) is 5.91 Å². The number of likely N-dealkylation sites (tertiary alicyclic amines) is 1. The molecule has 4 amide bonds. The van der Waals surface area contributed by atoms with Gasteiger partial charge in [0.2, 0.25) is 5.91 Å². The summed E-state index contributed by atoms with van der Waals surface area (Å²) in [5.74, 6) is -0.661. The molecule has 2 atom stereocenters. The quantitative estimate of drug-likeness (QED) is 0.198. The average molecular weight is 609 g/mol. The van der Waals surface area contributed by atoms with E-state index in [1.165, 1.54) is 11.1 Å². The zero-order valence-electron chi connectivity index (χ0n) is 26.8. The van der Waals surface area contributed by atoms with Gasteiger partial charge < -0.3 is 30.7 Å². The normalized spacial score (nSPS) is 15.1. The first kappa shape index (κ1) is 31.8. The van der Waals surface area contributed by atoms with E-state index < -0.39 is 6.04 Å². The number of para-hydroxylation sites is 1. The van der Waals surface area contributed by atoms with Gasteiger partial charge >= 0.3 is 6.03 Å². The molecular formula is C36H44N6O3. The highest BCUT2D eigenvalue weighted by Crippen LogP contribution is 2.32. The van der Waals surface area contributed by atoms with Crippen LogP contribution >= 0.6 is 0 Å². The highest BCUT2D eigenvalue weighted by Gasteiger charge is 2.33. The molecule has 0 aliphatic carbocycles. The molecular weight excluding hydrogens is 564 g/mol. The van der Waals surface area contributed by atoms with Gasteiger partial charge in [-0.3, -0.25) is 9.59 Å². The molecule has 236 valence electrons. The second-order valence-electron chi connectivity index (χ2n) is 12.3. The smallest absolute Gasteiger partial charge is 0.318 e. The molecule has 5 rings (SSSR count). The molecule has 9 heteroatoms. The molecule has 3 aromatic carbocycles. The number of anilines is 1. The third-order valence-corrected chi connectivity index (χ3v) is 8.90. The zero-order chi connectivity index (χ0) is 32.1. The Kier molecular flexibility index (Phi) is 9.88. The minimum Gasteiger partial charge on any atom is -0.361 e. The summed E-state index contributed by atoms with van der Waals surface area (Å²) in [5, 5.41) is 9.76. The molecule has 0 saturated carbocycles. The van der Waals surface area contributed by atoms with Gasteiger partial charge in [-0.2, -0.15) is 0 Å². The second kappa shape index (κ2) is 14.0. The summed E-state index contributed by atoms with van der Waals surface area (Å²) in [5.41, 5.74) is 6.21. The molecule has 0 spiro atoms. The van der Waals surface area contributed by atoms with Crippen LogP contribution < -0.4 is 16.0 Å². The molecule has 1 aliphatic heterocycles. The lowest BCUT2D eigenvalue weighted by Gasteiger charge is -2.34. The van der Waals surface area contributed by atoms with Crippen LogP contribution in [-0.2, 0) is 11.3 Å². The zero-order valence-corrected chi connectivity index (χ0v) is 26.8. The van der Waals surface area contributed by atoms with Crippen molar-refractivity contribution >= 4 is 34.4 Å². The lowest BCUT2D eigenvalue weighted by Crippen LogP contribution is -2.53. The molecule has 4 aromatic rings. The minimum atomic E-state index is -0.902. The lowest BCUT2D eigenvalue weighted by molar-refractivity contribution is -0.118. The van der Waals surface area contributed by atoms with E-state index in [1.807, 2.05) is 73.4 Å². The molecule has 45 heavy (non-hydrogen) atoms. The first-order valence-electron chi connectivity index (χ1n) is 15.6. The summed E-state index contributed by atoms with van der Waals surface area (Å²) in [6.45, 7) is 5.94. The SMILES string of the molecule is CNC(=O)c1ccc(CN(C)C)cc1NC(=O)C(NC(=O)N1CCC(c2ccccc2C)CC1)C(C)c1c[nH]c2ccccc12. The van der Waals surface area contributed by atoms with Gasteiger partial charge in [0, 0.05) is 49.7 Å². The number of benzene rings is 3. The number of nitrogens with one attached hydrogen (secondary N) is 4. The molecule has 1 saturated heterocycles. The second-order valence-corrected chi connectivity index (χ2v) is 12.3. The molecule has 9 nitrogen and oxygen atoms in total. The molecule has 2 heterocycles. The van der Waals surface area contributed by atoms with Crippen LogP contribution in [0, 0.1) is 6.92 Å². The number of fused-ring (bicyclic) bond motifs is 1. The Labute approximate surface area is 265 Å². The Balaban J connectivity index is 1.40. The van der Waals surface area contributed by atoms with Crippen molar-refractivity contribution in [1.82, 2.24) is 25.4 Å². The number of hydrogen-bond donors (Lipinski definition) is 4. The number of aromatic nitrogens is 1. The van der Waals surface area contributed by atoms with Crippen molar-refractivity contribution < 1.29 is 14.4 Å². The van der Waals surface area contributed by atoms with Crippen LogP contribution in [0.4, 0.5) is 10.5 Å². The van der Waals surface area contributed by atoms with Crippen LogP contribution in [-0.4, -0.2) is 72.9 Å². The standard InChI is InChI=1S/C36H44N6O3/c1-23-10-6-7-11-27(23)26-16-18-42(19-17-26)36(45)40-33(24(2)30-21-38-31-13-9-8-12-28(30)31)35(44)39-32-20-25(22-41(4)5)14-15-29(32)34(43)37-3/h6-15,20-21,24,26,33,38H,16-19,22H2,1-5H3,(H,37,43)(H,39,44)(H,40,45). The summed E-state index contributed by atoms with van der Waals surface area (Å²) in [7, 11) is 5.48. The van der Waals surface area contributed by atoms with E-state index in [2.05, 4.69) is 52.1 Å². The first-order chi connectivity index (χ1) is 21.7. The van der Waals surface area contributed by atoms with E-state index in [0.29, 0.717) is 36.8 Å². The number of carbonyl (C=O) groups is 3. The Bertz CT molecular complexity index is 1670. The Hall–Kier alpha value is -4.63. The molecule has 4 N–H and O–H groups in total. The van der Waals surface area contributed by atoms with Crippen molar-refractivity contribution in [1.29, 1.82) is 0 Å². The Morgan fingerprint density at radius 3 is 2.42 bits per heavy atom. The van der Waals surface area contributed by atoms with E-state index in [0.717, 1.165) is 34.9 Å². The topological polar surface area (TPSA) is 110 Å². The number of nitrogens with zero attached hydrogens (tertiary/aromatic N) is 2. The summed E-state index contributed by atoms with van der Waals surface area (Å²) in [6, 6.07) is 20.6. The Morgan fingerprint density at radius 1 is 1.00 bits per heavy atom. The van der Waals surface area contributed by atoms with Gasteiger partial charge in [0.05, 0.1) is 11.3 Å². The lowest BCUT2D eigenvalue weighted by atomic mass is 9.87. The molecule has 2 unspecified atom stereocenters. The van der Waals surface area contributed by atoms with Gasteiger partial charge in [0.15, 0.2) is 0 Å². The fourth-order valence-corrected chi connectivity index (χ4v) is 6.43. The number of hydrogen-bond acceptors (Lipinski definition) is 4. The number of amides is 4. The van der Waals surface area contributed by atoms with Crippen molar-refractivity contribution in [2.45, 2.75) is 51.1 Å². The van der Waals surface area contributed by atoms with E-state index in [4.69, 9.17) is 0 Å². The van der Waals surface area contributed by atoms with Gasteiger partial charge in [-0.25, -0.2) is 4.79 Å². The van der Waals surface area contributed by atoms with Crippen LogP contribution in [0.3, 0.4) is 0 Å². The fourth-order valence-electron chi connectivity index (χ4n) is 6.43. The summed E-state index contributed by atoms with van der Waals surface area (Å²) >= 11 is 0. The summed E-state index contributed by atoms with van der Waals surface area (Å²) in [4.78, 5) is 47.8. The number of aromatic amines is 1. The number of H-pyrrole nitrogens is 1. The molecule has 1 aromatic heterocycles. The van der Waals surface area contributed by atoms with E-state index in [-0.39, 0.29) is 23.8 Å². The van der Waals surface area contributed by atoms with Crippen LogP contribution in [0.5, 0.6) is 0 Å². The predicted molar refractivity (Wildman–Crippen MR) is 180 cm³/mol. The van der Waals surface area contributed by atoms with E-state index in [9.17, 15) is 14.4 Å². The number of carbonyl (C=O) groups excluding carboxylic acids is 3. The number of piperidine rings is 1.